The quantitative estimate of drug-likeness (QED) is 0.583. The third-order valence-electron chi connectivity index (χ3n) is 5.38. The van der Waals surface area contributed by atoms with Gasteiger partial charge in [0.25, 0.3) is 5.91 Å². The first-order valence-corrected chi connectivity index (χ1v) is 10.2. The Kier molecular flexibility index (Phi) is 5.59. The molecule has 30 heavy (non-hydrogen) atoms. The summed E-state index contributed by atoms with van der Waals surface area (Å²) in [5, 5.41) is 5.11. The van der Waals surface area contributed by atoms with Gasteiger partial charge in [0.05, 0.1) is 17.9 Å². The van der Waals surface area contributed by atoms with Crippen molar-refractivity contribution < 1.29 is 14.3 Å². The van der Waals surface area contributed by atoms with Crippen LogP contribution in [-0.4, -0.2) is 34.8 Å². The molecule has 1 aliphatic heterocycles. The summed E-state index contributed by atoms with van der Waals surface area (Å²) < 4.78 is 7.08. The van der Waals surface area contributed by atoms with Gasteiger partial charge in [0.2, 0.25) is 0 Å². The van der Waals surface area contributed by atoms with Gasteiger partial charge < -0.3 is 9.64 Å². The number of hydrogen-bond acceptors (Lipinski definition) is 4. The minimum atomic E-state index is -0.545. The molecule has 1 amide bonds. The minimum Gasteiger partial charge on any atom is -0.452 e. The normalized spacial score (nSPS) is 12.7. The Morgan fingerprint density at radius 2 is 1.83 bits per heavy atom. The van der Waals surface area contributed by atoms with Gasteiger partial charge in [0.1, 0.15) is 5.56 Å². The van der Waals surface area contributed by atoms with Crippen LogP contribution in [0, 0.1) is 13.8 Å². The van der Waals surface area contributed by atoms with E-state index in [4.69, 9.17) is 16.3 Å². The lowest BCUT2D eigenvalue weighted by Crippen LogP contribution is -2.33. The first-order valence-electron chi connectivity index (χ1n) is 9.78. The van der Waals surface area contributed by atoms with Crippen molar-refractivity contribution in [2.75, 3.05) is 18.1 Å². The Morgan fingerprint density at radius 3 is 2.63 bits per heavy atom. The topological polar surface area (TPSA) is 64.4 Å². The van der Waals surface area contributed by atoms with Crippen LogP contribution in [0.2, 0.25) is 5.02 Å². The number of nitrogens with zero attached hydrogens (tertiary/aromatic N) is 3. The van der Waals surface area contributed by atoms with E-state index in [0.717, 1.165) is 23.2 Å². The van der Waals surface area contributed by atoms with Crippen molar-refractivity contribution in [3.63, 3.8) is 0 Å². The summed E-state index contributed by atoms with van der Waals surface area (Å²) in [7, 11) is 0. The molecule has 0 spiro atoms. The molecule has 1 aromatic heterocycles. The maximum Gasteiger partial charge on any atom is 0.342 e. The van der Waals surface area contributed by atoms with Crippen molar-refractivity contribution in [2.45, 2.75) is 26.8 Å². The van der Waals surface area contributed by atoms with Crippen LogP contribution < -0.4 is 4.90 Å². The number of carbonyl (C=O) groups is 2. The zero-order chi connectivity index (χ0) is 21.3. The highest BCUT2D eigenvalue weighted by Gasteiger charge is 2.26. The predicted octanol–water partition coefficient (Wildman–Crippen LogP) is 3.95. The molecule has 4 rings (SSSR count). The fraction of sp³-hybridized carbons (Fsp3) is 0.261. The van der Waals surface area contributed by atoms with Crippen LogP contribution in [0.1, 0.15) is 32.9 Å². The molecule has 2 aromatic carbocycles. The molecule has 0 unspecified atom stereocenters. The molecule has 0 saturated carbocycles. The average Bonchev–Trinajstić information content (AvgIpc) is 3.28. The Bertz CT molecular complexity index is 1120. The first kappa shape index (κ1) is 20.2. The van der Waals surface area contributed by atoms with Gasteiger partial charge in [-0.2, -0.15) is 5.10 Å². The Morgan fingerprint density at radius 1 is 1.10 bits per heavy atom. The maximum absolute atomic E-state index is 12.7. The summed E-state index contributed by atoms with van der Waals surface area (Å²) in [6.07, 6.45) is 0.808. The van der Waals surface area contributed by atoms with Crippen LogP contribution in [0.15, 0.2) is 48.5 Å². The highest BCUT2D eigenvalue weighted by atomic mass is 35.5. The number of ether oxygens (including phenoxy) is 1. The van der Waals surface area contributed by atoms with E-state index in [9.17, 15) is 9.59 Å². The first-order chi connectivity index (χ1) is 14.5. The van der Waals surface area contributed by atoms with Gasteiger partial charge in [-0.15, -0.1) is 0 Å². The number of aromatic nitrogens is 2. The summed E-state index contributed by atoms with van der Waals surface area (Å²) in [6, 6.07) is 15.3. The molecule has 1 aliphatic rings. The second-order valence-electron chi connectivity index (χ2n) is 7.30. The molecule has 154 valence electrons. The van der Waals surface area contributed by atoms with Gasteiger partial charge in [-0.1, -0.05) is 48.0 Å². The number of anilines is 1. The van der Waals surface area contributed by atoms with E-state index in [1.807, 2.05) is 55.5 Å². The monoisotopic (exact) mass is 423 g/mol. The summed E-state index contributed by atoms with van der Waals surface area (Å²) in [5.74, 6) is -0.775. The van der Waals surface area contributed by atoms with Crippen LogP contribution >= 0.6 is 11.6 Å². The number of para-hydroxylation sites is 1. The number of esters is 1. The third kappa shape index (κ3) is 3.83. The zero-order valence-electron chi connectivity index (χ0n) is 16.9. The number of hydrogen-bond donors (Lipinski definition) is 0. The number of carbonyl (C=O) groups excluding carboxylic acids is 2. The van der Waals surface area contributed by atoms with Crippen molar-refractivity contribution in [3.8, 4) is 0 Å². The van der Waals surface area contributed by atoms with Crippen molar-refractivity contribution in [1.29, 1.82) is 0 Å². The summed E-state index contributed by atoms with van der Waals surface area (Å²) >= 11 is 6.24. The number of amides is 1. The standard InChI is InChI=1S/C23H22ClN3O3/c1-15-22(16(2)27(25-15)13-18-8-3-5-9-19(18)24)23(29)30-14-21(28)26-12-11-17-7-4-6-10-20(17)26/h3-10H,11-14H2,1-2H3. The van der Waals surface area contributed by atoms with Crippen LogP contribution in [0.5, 0.6) is 0 Å². The highest BCUT2D eigenvalue weighted by molar-refractivity contribution is 6.31. The molecule has 7 heteroatoms. The van der Waals surface area contributed by atoms with Gasteiger partial charge in [-0.3, -0.25) is 9.48 Å². The molecule has 3 aromatic rings. The second-order valence-corrected chi connectivity index (χ2v) is 7.70. The van der Waals surface area contributed by atoms with E-state index in [0.29, 0.717) is 35.1 Å². The summed E-state index contributed by atoms with van der Waals surface area (Å²) in [4.78, 5) is 27.0. The Hall–Kier alpha value is -3.12. The van der Waals surface area contributed by atoms with Crippen LogP contribution in [-0.2, 0) is 22.5 Å². The molecular formula is C23H22ClN3O3. The minimum absolute atomic E-state index is 0.230. The van der Waals surface area contributed by atoms with E-state index in [-0.39, 0.29) is 12.5 Å². The number of benzene rings is 2. The summed E-state index contributed by atoms with van der Waals surface area (Å²) in [5.41, 5.74) is 4.55. The molecule has 0 saturated heterocycles. The molecule has 6 nitrogen and oxygen atoms in total. The van der Waals surface area contributed by atoms with E-state index < -0.39 is 5.97 Å². The van der Waals surface area contributed by atoms with Crippen LogP contribution in [0.3, 0.4) is 0 Å². The van der Waals surface area contributed by atoms with Gasteiger partial charge in [0.15, 0.2) is 6.61 Å². The molecule has 0 atom stereocenters. The third-order valence-corrected chi connectivity index (χ3v) is 5.75. The molecule has 0 bridgehead atoms. The number of fused-ring (bicyclic) bond motifs is 1. The number of rotatable bonds is 5. The zero-order valence-corrected chi connectivity index (χ0v) is 17.6. The van der Waals surface area contributed by atoms with E-state index in [1.165, 1.54) is 0 Å². The lowest BCUT2D eigenvalue weighted by atomic mass is 10.2. The second kappa shape index (κ2) is 8.32. The highest BCUT2D eigenvalue weighted by Crippen LogP contribution is 2.27. The molecule has 2 heterocycles. The molecule has 0 N–H and O–H groups in total. The van der Waals surface area contributed by atoms with Crippen molar-refractivity contribution >= 4 is 29.2 Å². The van der Waals surface area contributed by atoms with Gasteiger partial charge in [-0.05, 0) is 43.5 Å². The fourth-order valence-electron chi connectivity index (χ4n) is 3.81. The molecular weight excluding hydrogens is 402 g/mol. The SMILES string of the molecule is Cc1nn(Cc2ccccc2Cl)c(C)c1C(=O)OCC(=O)N1CCc2ccccc21. The average molecular weight is 424 g/mol. The lowest BCUT2D eigenvalue weighted by Gasteiger charge is -2.17. The lowest BCUT2D eigenvalue weighted by molar-refractivity contribution is -0.121. The van der Waals surface area contributed by atoms with Crippen molar-refractivity contribution in [2.24, 2.45) is 0 Å². The van der Waals surface area contributed by atoms with Gasteiger partial charge in [0, 0.05) is 17.3 Å². The van der Waals surface area contributed by atoms with Crippen LogP contribution in [0.4, 0.5) is 5.69 Å². The Labute approximate surface area is 180 Å². The van der Waals surface area contributed by atoms with E-state index in [1.54, 1.807) is 16.5 Å². The fourth-order valence-corrected chi connectivity index (χ4v) is 4.00. The largest absolute Gasteiger partial charge is 0.452 e. The van der Waals surface area contributed by atoms with E-state index >= 15 is 0 Å². The van der Waals surface area contributed by atoms with E-state index in [2.05, 4.69) is 5.10 Å². The van der Waals surface area contributed by atoms with Gasteiger partial charge >= 0.3 is 5.97 Å². The maximum atomic E-state index is 12.7. The Balaban J connectivity index is 1.45. The summed E-state index contributed by atoms with van der Waals surface area (Å²) in [6.45, 7) is 4.31. The van der Waals surface area contributed by atoms with Gasteiger partial charge in [-0.25, -0.2) is 4.79 Å². The number of halogens is 1. The number of aryl methyl sites for hydroxylation is 1. The molecule has 0 aliphatic carbocycles. The molecule has 0 radical (unpaired) electrons. The molecule has 0 fully saturated rings. The van der Waals surface area contributed by atoms with Crippen LogP contribution in [0.25, 0.3) is 0 Å². The predicted molar refractivity (Wildman–Crippen MR) is 115 cm³/mol. The smallest absolute Gasteiger partial charge is 0.342 e. The van der Waals surface area contributed by atoms with Crippen molar-refractivity contribution in [3.05, 3.63) is 81.6 Å². The van der Waals surface area contributed by atoms with Crippen molar-refractivity contribution in [1.82, 2.24) is 9.78 Å².